The summed E-state index contributed by atoms with van der Waals surface area (Å²) in [5.41, 5.74) is 6.04. The zero-order valence-corrected chi connectivity index (χ0v) is 21.1. The van der Waals surface area contributed by atoms with Gasteiger partial charge in [-0.1, -0.05) is 35.9 Å². The Bertz CT molecular complexity index is 1020. The first-order valence-electron chi connectivity index (χ1n) is 12.3. The Morgan fingerprint density at radius 2 is 1.76 bits per heavy atom. The summed E-state index contributed by atoms with van der Waals surface area (Å²) >= 11 is 0. The summed E-state index contributed by atoms with van der Waals surface area (Å²) in [5.74, 6) is 2.16. The van der Waals surface area contributed by atoms with Crippen molar-refractivity contribution in [2.75, 3.05) is 34.2 Å². The zero-order valence-electron chi connectivity index (χ0n) is 21.1. The first kappa shape index (κ1) is 23.8. The van der Waals surface area contributed by atoms with Crippen molar-refractivity contribution in [3.63, 3.8) is 0 Å². The molecule has 4 rings (SSSR count). The van der Waals surface area contributed by atoms with Gasteiger partial charge in [-0.3, -0.25) is 0 Å². The molecule has 178 valence electrons. The van der Waals surface area contributed by atoms with E-state index >= 15 is 0 Å². The van der Waals surface area contributed by atoms with Crippen molar-refractivity contribution in [3.05, 3.63) is 70.3 Å². The average Bonchev–Trinajstić information content (AvgIpc) is 2.76. The lowest BCUT2D eigenvalue weighted by atomic mass is 9.61. The Labute approximate surface area is 199 Å². The van der Waals surface area contributed by atoms with E-state index in [-0.39, 0.29) is 17.4 Å². The summed E-state index contributed by atoms with van der Waals surface area (Å²) in [7, 11) is 6.20. The molecule has 2 aromatic carbocycles. The van der Waals surface area contributed by atoms with Crippen LogP contribution in [0, 0.1) is 5.92 Å². The van der Waals surface area contributed by atoms with Crippen LogP contribution in [0.3, 0.4) is 0 Å². The molecule has 33 heavy (non-hydrogen) atoms. The van der Waals surface area contributed by atoms with E-state index in [4.69, 9.17) is 4.74 Å². The van der Waals surface area contributed by atoms with E-state index in [9.17, 15) is 5.11 Å². The second-order valence-electron chi connectivity index (χ2n) is 10.8. The minimum Gasteiger partial charge on any atom is -0.508 e. The van der Waals surface area contributed by atoms with Crippen molar-refractivity contribution in [1.82, 2.24) is 10.2 Å². The molecule has 1 aliphatic heterocycles. The van der Waals surface area contributed by atoms with Crippen LogP contribution in [-0.4, -0.2) is 49.8 Å². The van der Waals surface area contributed by atoms with Gasteiger partial charge in [-0.05, 0) is 102 Å². The van der Waals surface area contributed by atoms with Gasteiger partial charge >= 0.3 is 0 Å². The third-order valence-electron chi connectivity index (χ3n) is 7.44. The zero-order chi connectivity index (χ0) is 23.8. The lowest BCUT2D eigenvalue weighted by Crippen LogP contribution is -2.48. The molecule has 0 fully saturated rings. The molecule has 2 N–H and O–H groups in total. The average molecular weight is 449 g/mol. The Kier molecular flexibility index (Phi) is 6.88. The van der Waals surface area contributed by atoms with Gasteiger partial charge in [-0.2, -0.15) is 0 Å². The van der Waals surface area contributed by atoms with E-state index in [0.29, 0.717) is 11.7 Å². The van der Waals surface area contributed by atoms with Gasteiger partial charge in [0.25, 0.3) is 0 Å². The number of nitrogens with one attached hydrogen (secondary N) is 1. The lowest BCUT2D eigenvalue weighted by Gasteiger charge is -2.50. The molecular formula is C29H40N2O2. The molecule has 2 aromatic rings. The second-order valence-corrected chi connectivity index (χ2v) is 10.8. The first-order chi connectivity index (χ1) is 15.7. The summed E-state index contributed by atoms with van der Waals surface area (Å²) in [6.45, 7) is 8.64. The van der Waals surface area contributed by atoms with Crippen LogP contribution in [0.1, 0.15) is 61.3 Å². The fraction of sp³-hybridized carbons (Fsp3) is 0.517. The van der Waals surface area contributed by atoms with Crippen molar-refractivity contribution in [3.8, 4) is 11.5 Å². The number of ether oxygens (including phenoxy) is 1. The predicted molar refractivity (Wildman–Crippen MR) is 136 cm³/mol. The van der Waals surface area contributed by atoms with Gasteiger partial charge in [-0.25, -0.2) is 0 Å². The number of phenols is 1. The molecular weight excluding hydrogens is 408 g/mol. The smallest absolute Gasteiger partial charge is 0.123 e. The highest BCUT2D eigenvalue weighted by molar-refractivity contribution is 5.49. The summed E-state index contributed by atoms with van der Waals surface area (Å²) in [6, 6.07) is 12.9. The number of hydrogen-bond acceptors (Lipinski definition) is 4. The van der Waals surface area contributed by atoms with Gasteiger partial charge in [0.1, 0.15) is 17.1 Å². The maximum absolute atomic E-state index is 11.0. The molecule has 3 atom stereocenters. The molecule has 0 aromatic heterocycles. The van der Waals surface area contributed by atoms with Gasteiger partial charge in [0, 0.05) is 23.9 Å². The number of phenolic OH excluding ortho intramolecular Hbond substituents is 1. The predicted octanol–water partition coefficient (Wildman–Crippen LogP) is 5.26. The van der Waals surface area contributed by atoms with E-state index < -0.39 is 0 Å². The van der Waals surface area contributed by atoms with E-state index in [1.165, 1.54) is 22.3 Å². The maximum Gasteiger partial charge on any atom is 0.123 e. The summed E-state index contributed by atoms with van der Waals surface area (Å²) in [4.78, 5) is 2.20. The largest absolute Gasteiger partial charge is 0.508 e. The van der Waals surface area contributed by atoms with Gasteiger partial charge in [0.15, 0.2) is 0 Å². The Hall–Kier alpha value is -2.30. The minimum absolute atomic E-state index is 0.118. The molecule has 0 bridgehead atoms. The highest BCUT2D eigenvalue weighted by Gasteiger charge is 2.49. The third kappa shape index (κ3) is 4.97. The van der Waals surface area contributed by atoms with E-state index in [2.05, 4.69) is 81.5 Å². The highest BCUT2D eigenvalue weighted by atomic mass is 16.5. The molecule has 1 aliphatic carbocycles. The molecule has 0 spiro atoms. The maximum atomic E-state index is 11.0. The fourth-order valence-electron chi connectivity index (χ4n) is 5.84. The number of fused-ring (bicyclic) bond motifs is 3. The standard InChI is InChI=1S/C29H40N2O2/c1-19-15-24(22-17-21(7-9-26(22)32)12-14-31(5)6)28-25(16-19)23-18-20(11-13-30-4)8-10-27(23)33-29(28,2)3/h7-10,15,17-18,24-25,28,30,32H,11-14,16H2,1-6H3/t24-,25-,28+/m0/s1. The van der Waals surface area contributed by atoms with Crippen molar-refractivity contribution >= 4 is 0 Å². The topological polar surface area (TPSA) is 44.7 Å². The van der Waals surface area contributed by atoms with Crippen LogP contribution in [-0.2, 0) is 12.8 Å². The SMILES string of the molecule is CNCCc1ccc2c(c1)[C@@H]1CC(C)=C[C@@H](c3cc(CCN(C)C)ccc3O)[C@H]1C(C)(C)O2. The number of benzene rings is 2. The lowest BCUT2D eigenvalue weighted by molar-refractivity contribution is -0.000498. The molecule has 1 heterocycles. The minimum atomic E-state index is -0.335. The quantitative estimate of drug-likeness (QED) is 0.567. The van der Waals surface area contributed by atoms with Crippen LogP contribution < -0.4 is 10.1 Å². The van der Waals surface area contributed by atoms with E-state index in [1.54, 1.807) is 0 Å². The van der Waals surface area contributed by atoms with E-state index in [0.717, 1.165) is 43.7 Å². The van der Waals surface area contributed by atoms with Crippen molar-refractivity contribution in [2.24, 2.45) is 5.92 Å². The molecule has 0 amide bonds. The fourth-order valence-corrected chi connectivity index (χ4v) is 5.84. The summed E-state index contributed by atoms with van der Waals surface area (Å²) < 4.78 is 6.65. The number of nitrogens with zero attached hydrogens (tertiary/aromatic N) is 1. The monoisotopic (exact) mass is 448 g/mol. The third-order valence-corrected chi connectivity index (χ3v) is 7.44. The molecule has 4 heteroatoms. The number of hydrogen-bond donors (Lipinski definition) is 2. The van der Waals surface area contributed by atoms with E-state index in [1.807, 2.05) is 13.1 Å². The van der Waals surface area contributed by atoms with Gasteiger partial charge in [0.2, 0.25) is 0 Å². The van der Waals surface area contributed by atoms with Crippen LogP contribution in [0.25, 0.3) is 0 Å². The summed E-state index contributed by atoms with van der Waals surface area (Å²) in [5, 5.41) is 14.2. The van der Waals surface area contributed by atoms with Crippen molar-refractivity contribution in [1.29, 1.82) is 0 Å². The van der Waals surface area contributed by atoms with Gasteiger partial charge < -0.3 is 20.1 Å². The van der Waals surface area contributed by atoms with Crippen LogP contribution in [0.5, 0.6) is 11.5 Å². The molecule has 0 saturated heterocycles. The molecule has 0 saturated carbocycles. The van der Waals surface area contributed by atoms with Crippen LogP contribution in [0.4, 0.5) is 0 Å². The molecule has 0 radical (unpaired) electrons. The van der Waals surface area contributed by atoms with Crippen LogP contribution in [0.2, 0.25) is 0 Å². The van der Waals surface area contributed by atoms with Crippen LogP contribution >= 0.6 is 0 Å². The van der Waals surface area contributed by atoms with Crippen molar-refractivity contribution in [2.45, 2.75) is 57.5 Å². The van der Waals surface area contributed by atoms with Crippen LogP contribution in [0.15, 0.2) is 48.0 Å². The summed E-state index contributed by atoms with van der Waals surface area (Å²) in [6.07, 6.45) is 5.41. The molecule has 2 aliphatic rings. The highest BCUT2D eigenvalue weighted by Crippen LogP contribution is 2.56. The number of rotatable bonds is 7. The Morgan fingerprint density at radius 1 is 1.06 bits per heavy atom. The number of likely N-dealkylation sites (N-methyl/N-ethyl adjacent to an activating group) is 2. The number of allylic oxidation sites excluding steroid dienone is 2. The molecule has 4 nitrogen and oxygen atoms in total. The number of aromatic hydroxyl groups is 1. The van der Waals surface area contributed by atoms with Gasteiger partial charge in [-0.15, -0.1) is 0 Å². The Morgan fingerprint density at radius 3 is 2.48 bits per heavy atom. The van der Waals surface area contributed by atoms with Gasteiger partial charge in [0.05, 0.1) is 0 Å². The van der Waals surface area contributed by atoms with Crippen molar-refractivity contribution < 1.29 is 9.84 Å². The normalized spacial score (nSPS) is 23.5. The molecule has 0 unspecified atom stereocenters. The first-order valence-corrected chi connectivity index (χ1v) is 12.3. The second kappa shape index (κ2) is 9.52. The Balaban J connectivity index is 1.75.